The summed E-state index contributed by atoms with van der Waals surface area (Å²) in [6, 6.07) is 0. The molecular weight excluding hydrogens is 320 g/mol. The highest BCUT2D eigenvalue weighted by molar-refractivity contribution is 5.96. The van der Waals surface area contributed by atoms with Crippen molar-refractivity contribution in [2.45, 2.75) is 39.2 Å². The third kappa shape index (κ3) is 3.44. The fourth-order valence-corrected chi connectivity index (χ4v) is 3.44. The van der Waals surface area contributed by atoms with E-state index >= 15 is 0 Å². The molecule has 2 aromatic rings. The van der Waals surface area contributed by atoms with Crippen LogP contribution in [0.25, 0.3) is 0 Å². The number of aryl methyl sites for hydroxylation is 2. The van der Waals surface area contributed by atoms with Gasteiger partial charge in [-0.2, -0.15) is 0 Å². The Morgan fingerprint density at radius 3 is 2.48 bits per heavy atom. The molecule has 0 radical (unpaired) electrons. The second kappa shape index (κ2) is 6.95. The first-order valence-corrected chi connectivity index (χ1v) is 8.63. The molecule has 2 aromatic heterocycles. The fourth-order valence-electron chi connectivity index (χ4n) is 3.44. The number of piperidine rings is 1. The van der Waals surface area contributed by atoms with Crippen molar-refractivity contribution >= 4 is 5.91 Å². The number of aromatic nitrogens is 4. The second-order valence-electron chi connectivity index (χ2n) is 7.04. The molecule has 0 bridgehead atoms. The SMILES string of the molecule is Cc1noc(C)c1C(=O)N1CCC(c2nnc(CN(C)C)n2C)CC1. The van der Waals surface area contributed by atoms with Crippen LogP contribution in [-0.2, 0) is 13.6 Å². The van der Waals surface area contributed by atoms with Gasteiger partial charge < -0.3 is 18.9 Å². The topological polar surface area (TPSA) is 80.3 Å². The summed E-state index contributed by atoms with van der Waals surface area (Å²) < 4.78 is 7.22. The third-order valence-electron chi connectivity index (χ3n) is 4.85. The Labute approximate surface area is 147 Å². The number of carbonyl (C=O) groups is 1. The fraction of sp³-hybridized carbons (Fsp3) is 0.647. The summed E-state index contributed by atoms with van der Waals surface area (Å²) >= 11 is 0. The van der Waals surface area contributed by atoms with Crippen molar-refractivity contribution < 1.29 is 9.32 Å². The van der Waals surface area contributed by atoms with Crippen LogP contribution in [0.1, 0.15) is 52.2 Å². The number of amides is 1. The first-order chi connectivity index (χ1) is 11.9. The minimum absolute atomic E-state index is 0.0148. The van der Waals surface area contributed by atoms with E-state index in [1.165, 1.54) is 0 Å². The maximum atomic E-state index is 12.7. The Bertz CT molecular complexity index is 736. The summed E-state index contributed by atoms with van der Waals surface area (Å²) in [5, 5.41) is 12.6. The summed E-state index contributed by atoms with van der Waals surface area (Å²) in [4.78, 5) is 16.7. The molecule has 3 heterocycles. The van der Waals surface area contributed by atoms with E-state index in [2.05, 4.69) is 24.8 Å². The van der Waals surface area contributed by atoms with Crippen molar-refractivity contribution in [2.75, 3.05) is 27.2 Å². The molecule has 1 aliphatic heterocycles. The van der Waals surface area contributed by atoms with Crippen LogP contribution in [-0.4, -0.2) is 62.8 Å². The highest BCUT2D eigenvalue weighted by atomic mass is 16.5. The van der Waals surface area contributed by atoms with Gasteiger partial charge in [-0.15, -0.1) is 10.2 Å². The smallest absolute Gasteiger partial charge is 0.259 e. The van der Waals surface area contributed by atoms with Gasteiger partial charge in [-0.25, -0.2) is 0 Å². The molecule has 0 saturated carbocycles. The van der Waals surface area contributed by atoms with E-state index in [-0.39, 0.29) is 5.91 Å². The first kappa shape index (κ1) is 17.6. The van der Waals surface area contributed by atoms with Crippen molar-refractivity contribution in [1.29, 1.82) is 0 Å². The van der Waals surface area contributed by atoms with E-state index in [1.807, 2.05) is 33.0 Å². The Morgan fingerprint density at radius 1 is 1.24 bits per heavy atom. The van der Waals surface area contributed by atoms with E-state index in [0.29, 0.717) is 36.0 Å². The zero-order valence-corrected chi connectivity index (χ0v) is 15.6. The van der Waals surface area contributed by atoms with Crippen LogP contribution in [0.2, 0.25) is 0 Å². The summed E-state index contributed by atoms with van der Waals surface area (Å²) in [5.74, 6) is 2.92. The molecule has 0 atom stereocenters. The maximum Gasteiger partial charge on any atom is 0.259 e. The largest absolute Gasteiger partial charge is 0.361 e. The Morgan fingerprint density at radius 2 is 1.92 bits per heavy atom. The summed E-state index contributed by atoms with van der Waals surface area (Å²) in [7, 11) is 6.07. The molecule has 25 heavy (non-hydrogen) atoms. The third-order valence-corrected chi connectivity index (χ3v) is 4.85. The molecule has 0 unspecified atom stereocenters. The van der Waals surface area contributed by atoms with Gasteiger partial charge in [-0.1, -0.05) is 5.16 Å². The summed E-state index contributed by atoms with van der Waals surface area (Å²) in [5.41, 5.74) is 1.26. The van der Waals surface area contributed by atoms with E-state index in [9.17, 15) is 4.79 Å². The van der Waals surface area contributed by atoms with Crippen LogP contribution < -0.4 is 0 Å². The Kier molecular flexibility index (Phi) is 4.89. The molecule has 1 fully saturated rings. The van der Waals surface area contributed by atoms with Gasteiger partial charge in [0.15, 0.2) is 0 Å². The predicted octanol–water partition coefficient (Wildman–Crippen LogP) is 1.50. The van der Waals surface area contributed by atoms with Gasteiger partial charge in [0.05, 0.1) is 12.2 Å². The highest BCUT2D eigenvalue weighted by Gasteiger charge is 2.30. The van der Waals surface area contributed by atoms with E-state index < -0.39 is 0 Å². The van der Waals surface area contributed by atoms with Crippen molar-refractivity contribution in [3.8, 4) is 0 Å². The molecule has 1 amide bonds. The molecule has 0 spiro atoms. The van der Waals surface area contributed by atoms with Crippen LogP contribution >= 0.6 is 0 Å². The van der Waals surface area contributed by atoms with E-state index in [1.54, 1.807) is 6.92 Å². The molecule has 136 valence electrons. The van der Waals surface area contributed by atoms with Gasteiger partial charge in [-0.05, 0) is 40.8 Å². The van der Waals surface area contributed by atoms with Crippen molar-refractivity contribution in [3.05, 3.63) is 28.7 Å². The van der Waals surface area contributed by atoms with Gasteiger partial charge in [0.25, 0.3) is 5.91 Å². The monoisotopic (exact) mass is 346 g/mol. The molecule has 3 rings (SSSR count). The Balaban J connectivity index is 1.66. The van der Waals surface area contributed by atoms with Gasteiger partial charge in [-0.3, -0.25) is 4.79 Å². The minimum atomic E-state index is 0.0148. The molecule has 0 aromatic carbocycles. The Hall–Kier alpha value is -2.22. The van der Waals surface area contributed by atoms with Crippen LogP contribution in [0, 0.1) is 13.8 Å². The molecule has 0 aliphatic carbocycles. The lowest BCUT2D eigenvalue weighted by molar-refractivity contribution is 0.0708. The van der Waals surface area contributed by atoms with Crippen molar-refractivity contribution in [3.63, 3.8) is 0 Å². The quantitative estimate of drug-likeness (QED) is 0.835. The van der Waals surface area contributed by atoms with Gasteiger partial charge in [0, 0.05) is 26.1 Å². The maximum absolute atomic E-state index is 12.7. The van der Waals surface area contributed by atoms with Crippen molar-refractivity contribution in [2.24, 2.45) is 7.05 Å². The standard InChI is InChI=1S/C17H26N6O2/c1-11-15(12(2)25-20-11)17(24)23-8-6-13(7-9-23)16-19-18-14(22(16)5)10-21(3)4/h13H,6-10H2,1-5H3. The molecule has 0 N–H and O–H groups in total. The highest BCUT2D eigenvalue weighted by Crippen LogP contribution is 2.28. The number of hydrogen-bond acceptors (Lipinski definition) is 6. The average Bonchev–Trinajstić information content (AvgIpc) is 3.10. The lowest BCUT2D eigenvalue weighted by atomic mass is 9.95. The minimum Gasteiger partial charge on any atom is -0.361 e. The van der Waals surface area contributed by atoms with Crippen LogP contribution in [0.15, 0.2) is 4.52 Å². The second-order valence-corrected chi connectivity index (χ2v) is 7.04. The number of nitrogens with zero attached hydrogens (tertiary/aromatic N) is 6. The molecule has 1 aliphatic rings. The summed E-state index contributed by atoms with van der Waals surface area (Å²) in [6.07, 6.45) is 1.78. The number of carbonyl (C=O) groups excluding carboxylic acids is 1. The molecule has 1 saturated heterocycles. The van der Waals surface area contributed by atoms with Crippen LogP contribution in [0.5, 0.6) is 0 Å². The van der Waals surface area contributed by atoms with E-state index in [4.69, 9.17) is 4.52 Å². The van der Waals surface area contributed by atoms with Crippen LogP contribution in [0.3, 0.4) is 0 Å². The van der Waals surface area contributed by atoms with Crippen LogP contribution in [0.4, 0.5) is 0 Å². The van der Waals surface area contributed by atoms with E-state index in [0.717, 1.165) is 31.0 Å². The average molecular weight is 346 g/mol. The lowest BCUT2D eigenvalue weighted by Crippen LogP contribution is -2.38. The molecular formula is C17H26N6O2. The number of likely N-dealkylation sites (tertiary alicyclic amines) is 1. The van der Waals surface area contributed by atoms with Gasteiger partial charge >= 0.3 is 0 Å². The lowest BCUT2D eigenvalue weighted by Gasteiger charge is -2.31. The zero-order chi connectivity index (χ0) is 18.1. The van der Waals surface area contributed by atoms with Gasteiger partial charge in [0.1, 0.15) is 23.0 Å². The number of rotatable bonds is 4. The molecule has 8 nitrogen and oxygen atoms in total. The zero-order valence-electron chi connectivity index (χ0n) is 15.6. The molecule has 8 heteroatoms. The van der Waals surface area contributed by atoms with Gasteiger partial charge in [0.2, 0.25) is 0 Å². The summed E-state index contributed by atoms with van der Waals surface area (Å²) in [6.45, 7) is 5.79. The predicted molar refractivity (Wildman–Crippen MR) is 92.2 cm³/mol. The normalized spacial score (nSPS) is 16.0. The first-order valence-electron chi connectivity index (χ1n) is 8.63. The number of hydrogen-bond donors (Lipinski definition) is 0. The van der Waals surface area contributed by atoms with Crippen molar-refractivity contribution in [1.82, 2.24) is 29.7 Å².